The van der Waals surface area contributed by atoms with Crippen LogP contribution in [-0.4, -0.2) is 20.0 Å². The molecule has 0 saturated heterocycles. The van der Waals surface area contributed by atoms with Gasteiger partial charge >= 0.3 is 0 Å². The average Bonchev–Trinajstić information content (AvgIpc) is 2.44. The number of rotatable bonds is 4. The zero-order chi connectivity index (χ0) is 15.4. The molecule has 0 aliphatic rings. The Bertz CT molecular complexity index is 630. The first-order valence-electron chi connectivity index (χ1n) is 7.23. The number of quaternary nitrogens is 1. The lowest BCUT2D eigenvalue weighted by molar-refractivity contribution is -0.872. The number of hydrogen-bond donors (Lipinski definition) is 2. The molecule has 2 aromatic carbocycles. The van der Waals surface area contributed by atoms with E-state index in [0.29, 0.717) is 5.56 Å². The Labute approximate surface area is 126 Å². The van der Waals surface area contributed by atoms with Crippen molar-refractivity contribution in [2.45, 2.75) is 20.4 Å². The Balaban J connectivity index is 2.11. The summed E-state index contributed by atoms with van der Waals surface area (Å²) in [4.78, 5) is 13.7. The zero-order valence-electron chi connectivity index (χ0n) is 13.2. The Morgan fingerprint density at radius 3 is 2.33 bits per heavy atom. The minimum absolute atomic E-state index is 0.0625. The number of carbonyl (C=O) groups is 1. The molecule has 0 aliphatic carbocycles. The maximum Gasteiger partial charge on any atom is 0.255 e. The van der Waals surface area contributed by atoms with Gasteiger partial charge in [-0.05, 0) is 43.2 Å². The van der Waals surface area contributed by atoms with E-state index in [0.717, 1.165) is 17.8 Å². The minimum atomic E-state index is -0.0625. The van der Waals surface area contributed by atoms with E-state index in [1.165, 1.54) is 16.0 Å². The second-order valence-electron chi connectivity index (χ2n) is 5.78. The predicted octanol–water partition coefficient (Wildman–Crippen LogP) is 2.20. The van der Waals surface area contributed by atoms with Gasteiger partial charge in [-0.25, -0.2) is 0 Å². The van der Waals surface area contributed by atoms with E-state index in [1.54, 1.807) is 0 Å². The number of aryl methyl sites for hydroxylation is 1. The third-order valence-electron chi connectivity index (χ3n) is 3.63. The third kappa shape index (κ3) is 3.92. The Kier molecular flexibility index (Phi) is 4.76. The van der Waals surface area contributed by atoms with E-state index in [-0.39, 0.29) is 5.91 Å². The van der Waals surface area contributed by atoms with Crippen LogP contribution in [0.25, 0.3) is 0 Å². The first-order chi connectivity index (χ1) is 9.97. The molecular formula is C18H23N2O+. The molecule has 0 fully saturated rings. The van der Waals surface area contributed by atoms with Gasteiger partial charge in [-0.1, -0.05) is 24.3 Å². The van der Waals surface area contributed by atoms with Crippen LogP contribution >= 0.6 is 0 Å². The topological polar surface area (TPSA) is 33.5 Å². The van der Waals surface area contributed by atoms with Crippen molar-refractivity contribution in [3.8, 4) is 0 Å². The molecule has 0 atom stereocenters. The smallest absolute Gasteiger partial charge is 0.255 e. The molecule has 2 N–H and O–H groups in total. The van der Waals surface area contributed by atoms with E-state index in [9.17, 15) is 4.79 Å². The number of amides is 1. The number of benzene rings is 2. The summed E-state index contributed by atoms with van der Waals surface area (Å²) in [5, 5.41) is 2.98. The molecule has 21 heavy (non-hydrogen) atoms. The van der Waals surface area contributed by atoms with Crippen molar-refractivity contribution in [1.29, 1.82) is 0 Å². The van der Waals surface area contributed by atoms with Crippen LogP contribution in [0.1, 0.15) is 27.0 Å². The van der Waals surface area contributed by atoms with Crippen molar-refractivity contribution in [3.63, 3.8) is 0 Å². The highest BCUT2D eigenvalue weighted by molar-refractivity contribution is 6.04. The molecule has 2 aromatic rings. The average molecular weight is 283 g/mol. The maximum absolute atomic E-state index is 12.3. The highest BCUT2D eigenvalue weighted by atomic mass is 16.1. The van der Waals surface area contributed by atoms with Gasteiger partial charge in [0.2, 0.25) is 0 Å². The summed E-state index contributed by atoms with van der Waals surface area (Å²) in [6, 6.07) is 13.8. The van der Waals surface area contributed by atoms with Crippen LogP contribution in [0.2, 0.25) is 0 Å². The summed E-state index contributed by atoms with van der Waals surface area (Å²) < 4.78 is 0. The van der Waals surface area contributed by atoms with Crippen LogP contribution in [-0.2, 0) is 6.54 Å². The fourth-order valence-corrected chi connectivity index (χ4v) is 2.26. The first kappa shape index (κ1) is 15.3. The van der Waals surface area contributed by atoms with Gasteiger partial charge in [0.1, 0.15) is 6.54 Å². The molecule has 3 heteroatoms. The van der Waals surface area contributed by atoms with E-state index >= 15 is 0 Å². The number of nitrogens with one attached hydrogen (secondary N) is 2. The Hall–Kier alpha value is -2.13. The summed E-state index contributed by atoms with van der Waals surface area (Å²) in [6.45, 7) is 5.02. The van der Waals surface area contributed by atoms with Gasteiger partial charge < -0.3 is 10.2 Å². The first-order valence-corrected chi connectivity index (χ1v) is 7.23. The molecule has 0 radical (unpaired) electrons. The quantitative estimate of drug-likeness (QED) is 0.886. The monoisotopic (exact) mass is 283 g/mol. The highest BCUT2D eigenvalue weighted by Crippen LogP contribution is 2.18. The van der Waals surface area contributed by atoms with Gasteiger partial charge in [0, 0.05) is 16.8 Å². The van der Waals surface area contributed by atoms with Crippen molar-refractivity contribution in [2.75, 3.05) is 19.4 Å². The number of hydrogen-bond acceptors (Lipinski definition) is 1. The number of anilines is 1. The molecule has 0 spiro atoms. The molecule has 0 bridgehead atoms. The van der Waals surface area contributed by atoms with Crippen LogP contribution in [0, 0.1) is 13.8 Å². The van der Waals surface area contributed by atoms with Gasteiger partial charge in [-0.3, -0.25) is 4.79 Å². The van der Waals surface area contributed by atoms with Crippen molar-refractivity contribution in [2.24, 2.45) is 0 Å². The summed E-state index contributed by atoms with van der Waals surface area (Å²) in [7, 11) is 4.22. The van der Waals surface area contributed by atoms with Gasteiger partial charge in [-0.15, -0.1) is 0 Å². The van der Waals surface area contributed by atoms with E-state index in [4.69, 9.17) is 0 Å². The molecule has 0 aliphatic heterocycles. The number of carbonyl (C=O) groups excluding carboxylic acids is 1. The second-order valence-corrected chi connectivity index (χ2v) is 5.78. The molecule has 0 heterocycles. The molecule has 0 unspecified atom stereocenters. The van der Waals surface area contributed by atoms with Crippen molar-refractivity contribution < 1.29 is 9.69 Å². The minimum Gasteiger partial charge on any atom is -0.336 e. The largest absolute Gasteiger partial charge is 0.336 e. The summed E-state index contributed by atoms with van der Waals surface area (Å²) in [5.41, 5.74) is 5.09. The third-order valence-corrected chi connectivity index (χ3v) is 3.63. The highest BCUT2D eigenvalue weighted by Gasteiger charge is 2.09. The van der Waals surface area contributed by atoms with Crippen LogP contribution in [0.4, 0.5) is 5.69 Å². The normalized spacial score (nSPS) is 10.7. The zero-order valence-corrected chi connectivity index (χ0v) is 13.2. The van der Waals surface area contributed by atoms with Crippen LogP contribution in [0.3, 0.4) is 0 Å². The van der Waals surface area contributed by atoms with E-state index in [1.807, 2.05) is 56.3 Å². The summed E-state index contributed by atoms with van der Waals surface area (Å²) >= 11 is 0. The lowest BCUT2D eigenvalue weighted by atomic mass is 10.1. The van der Waals surface area contributed by atoms with Crippen LogP contribution in [0.5, 0.6) is 0 Å². The van der Waals surface area contributed by atoms with E-state index in [2.05, 4.69) is 19.4 Å². The SMILES string of the molecule is Cc1cccc(NC(=O)c2ccc(C[NH+](C)C)cc2)c1C. The van der Waals surface area contributed by atoms with Gasteiger partial charge in [0.05, 0.1) is 14.1 Å². The standard InChI is InChI=1S/C18H22N2O/c1-13-6-5-7-17(14(13)2)19-18(21)16-10-8-15(9-11-16)12-20(3)4/h5-11H,12H2,1-4H3,(H,19,21)/p+1. The van der Waals surface area contributed by atoms with E-state index < -0.39 is 0 Å². The lowest BCUT2D eigenvalue weighted by Crippen LogP contribution is -3.04. The molecule has 110 valence electrons. The summed E-state index contributed by atoms with van der Waals surface area (Å²) in [6.07, 6.45) is 0. The fraction of sp³-hybridized carbons (Fsp3) is 0.278. The molecule has 3 nitrogen and oxygen atoms in total. The molecule has 0 aromatic heterocycles. The van der Waals surface area contributed by atoms with Crippen LogP contribution in [0.15, 0.2) is 42.5 Å². The molecule has 1 amide bonds. The Morgan fingerprint density at radius 1 is 1.05 bits per heavy atom. The maximum atomic E-state index is 12.3. The van der Waals surface area contributed by atoms with Gasteiger partial charge in [0.15, 0.2) is 0 Å². The fourth-order valence-electron chi connectivity index (χ4n) is 2.26. The molecule has 2 rings (SSSR count). The molecular weight excluding hydrogens is 260 g/mol. The Morgan fingerprint density at radius 2 is 1.71 bits per heavy atom. The summed E-state index contributed by atoms with van der Waals surface area (Å²) in [5.74, 6) is -0.0625. The predicted molar refractivity (Wildman–Crippen MR) is 86.8 cm³/mol. The van der Waals surface area contributed by atoms with Crippen molar-refractivity contribution >= 4 is 11.6 Å². The van der Waals surface area contributed by atoms with Crippen molar-refractivity contribution in [3.05, 3.63) is 64.7 Å². The molecule has 0 saturated carbocycles. The van der Waals surface area contributed by atoms with Crippen molar-refractivity contribution in [1.82, 2.24) is 0 Å². The lowest BCUT2D eigenvalue weighted by Gasteiger charge is -2.11. The van der Waals surface area contributed by atoms with Gasteiger partial charge in [0.25, 0.3) is 5.91 Å². The van der Waals surface area contributed by atoms with Gasteiger partial charge in [-0.2, -0.15) is 0 Å². The van der Waals surface area contributed by atoms with Crippen LogP contribution < -0.4 is 10.2 Å². The second kappa shape index (κ2) is 6.55.